The van der Waals surface area contributed by atoms with Crippen LogP contribution < -0.4 is 15.4 Å². The highest BCUT2D eigenvalue weighted by Crippen LogP contribution is 2.36. The van der Waals surface area contributed by atoms with E-state index in [1.54, 1.807) is 24.3 Å². The number of nitrogens with zero attached hydrogens (tertiary/aromatic N) is 1. The summed E-state index contributed by atoms with van der Waals surface area (Å²) in [6, 6.07) is 10.6. The van der Waals surface area contributed by atoms with Crippen molar-refractivity contribution >= 4 is 51.3 Å². The first-order valence-corrected chi connectivity index (χ1v) is 10.3. The molecule has 3 aromatic rings. The Balaban J connectivity index is 1.82. The summed E-state index contributed by atoms with van der Waals surface area (Å²) in [5.74, 6) is 1.02. The summed E-state index contributed by atoms with van der Waals surface area (Å²) in [6.07, 6.45) is 0. The molecule has 0 aliphatic carbocycles. The van der Waals surface area contributed by atoms with Crippen molar-refractivity contribution in [1.82, 2.24) is 9.69 Å². The number of halogens is 2. The van der Waals surface area contributed by atoms with Gasteiger partial charge in [0, 0.05) is 22.8 Å². The normalized spacial score (nSPS) is 10.8. The number of benzene rings is 2. The molecule has 1 aromatic heterocycles. The average molecular weight is 451 g/mol. The van der Waals surface area contributed by atoms with Crippen molar-refractivity contribution in [2.45, 2.75) is 26.8 Å². The van der Waals surface area contributed by atoms with Crippen LogP contribution in [0.15, 0.2) is 36.4 Å². The molecular weight excluding hydrogens is 431 g/mol. The van der Waals surface area contributed by atoms with E-state index in [0.717, 1.165) is 22.8 Å². The highest BCUT2D eigenvalue weighted by Gasteiger charge is 2.19. The molecule has 9 heteroatoms. The van der Waals surface area contributed by atoms with Crippen molar-refractivity contribution in [2.75, 3.05) is 5.32 Å². The summed E-state index contributed by atoms with van der Waals surface area (Å²) >= 11 is 13.3. The summed E-state index contributed by atoms with van der Waals surface area (Å²) in [6.45, 7) is 5.77. The van der Waals surface area contributed by atoms with Crippen molar-refractivity contribution in [3.8, 4) is 17.4 Å². The minimum absolute atomic E-state index is 0.0612. The molecule has 0 atom stereocenters. The van der Waals surface area contributed by atoms with Gasteiger partial charge in [0.2, 0.25) is 5.88 Å². The molecule has 0 saturated carbocycles. The molecule has 0 spiro atoms. The average Bonchev–Trinajstić information content (AvgIpc) is 3.00. The molecule has 0 amide bonds. The van der Waals surface area contributed by atoms with Gasteiger partial charge in [-0.05, 0) is 68.2 Å². The molecule has 29 heavy (non-hydrogen) atoms. The van der Waals surface area contributed by atoms with E-state index in [1.807, 2.05) is 32.9 Å². The molecular formula is C20H20Cl2N4O2S. The topological polar surface area (TPSA) is 90.3 Å². The van der Waals surface area contributed by atoms with Crippen molar-refractivity contribution in [3.05, 3.63) is 57.6 Å². The summed E-state index contributed by atoms with van der Waals surface area (Å²) in [5, 5.41) is 26.0. The fourth-order valence-corrected chi connectivity index (χ4v) is 3.63. The van der Waals surface area contributed by atoms with E-state index >= 15 is 0 Å². The van der Waals surface area contributed by atoms with Crippen LogP contribution in [0.2, 0.25) is 10.0 Å². The zero-order valence-electron chi connectivity index (χ0n) is 16.0. The maximum absolute atomic E-state index is 10.1. The smallest absolute Gasteiger partial charge is 0.236 e. The molecule has 3 rings (SSSR count). The quantitative estimate of drug-likeness (QED) is 0.260. The zero-order valence-corrected chi connectivity index (χ0v) is 18.3. The number of ether oxygens (including phenoxy) is 1. The number of hydrogen-bond acceptors (Lipinski definition) is 6. The SMILES string of the molecule is Cc1cc(Oc2cc(Cl)ccc2Cl)ccc1Nc1snc(O)c1C(=N)NC(C)C. The monoisotopic (exact) mass is 450 g/mol. The zero-order chi connectivity index (χ0) is 21.1. The van der Waals surface area contributed by atoms with Crippen molar-refractivity contribution in [2.24, 2.45) is 0 Å². The Bertz CT molecular complexity index is 1050. The molecule has 0 fully saturated rings. The third-order valence-corrected chi connectivity index (χ3v) is 5.22. The number of aromatic nitrogens is 1. The number of rotatable bonds is 6. The highest BCUT2D eigenvalue weighted by molar-refractivity contribution is 7.11. The standard InChI is InChI=1S/C20H20Cl2N4O2S/c1-10(2)24-18(23)17-19(27)26-29-20(17)25-15-7-5-13(8-11(15)3)28-16-9-12(21)4-6-14(16)22/h4-10,25H,1-3H3,(H2,23,24)(H,26,27). The number of aromatic hydroxyl groups is 1. The van der Waals surface area contributed by atoms with Gasteiger partial charge in [0.1, 0.15) is 27.9 Å². The molecule has 152 valence electrons. The van der Waals surface area contributed by atoms with Crippen molar-refractivity contribution < 1.29 is 9.84 Å². The molecule has 4 N–H and O–H groups in total. The number of nitrogens with one attached hydrogen (secondary N) is 3. The van der Waals surface area contributed by atoms with Crippen LogP contribution in [0.4, 0.5) is 10.7 Å². The number of aryl methyl sites for hydroxylation is 1. The lowest BCUT2D eigenvalue weighted by molar-refractivity contribution is 0.458. The van der Waals surface area contributed by atoms with Crippen molar-refractivity contribution in [3.63, 3.8) is 0 Å². The van der Waals surface area contributed by atoms with Gasteiger partial charge in [0.25, 0.3) is 0 Å². The summed E-state index contributed by atoms with van der Waals surface area (Å²) in [7, 11) is 0. The molecule has 0 aliphatic rings. The van der Waals surface area contributed by atoms with E-state index in [4.69, 9.17) is 33.3 Å². The molecule has 0 saturated heterocycles. The Morgan fingerprint density at radius 1 is 1.21 bits per heavy atom. The van der Waals surface area contributed by atoms with Crippen LogP contribution in [0.1, 0.15) is 25.0 Å². The van der Waals surface area contributed by atoms with Gasteiger partial charge in [-0.2, -0.15) is 4.37 Å². The molecule has 0 radical (unpaired) electrons. The molecule has 0 unspecified atom stereocenters. The number of amidine groups is 1. The Morgan fingerprint density at radius 3 is 2.66 bits per heavy atom. The van der Waals surface area contributed by atoms with Gasteiger partial charge in [-0.25, -0.2) is 0 Å². The Labute approximate surface area is 183 Å². The van der Waals surface area contributed by atoms with Crippen molar-refractivity contribution in [1.29, 1.82) is 5.41 Å². The first-order chi connectivity index (χ1) is 13.7. The Hall–Kier alpha value is -2.48. The predicted molar refractivity (Wildman–Crippen MR) is 120 cm³/mol. The van der Waals surface area contributed by atoms with E-state index in [-0.39, 0.29) is 17.8 Å². The van der Waals surface area contributed by atoms with Gasteiger partial charge in [0.05, 0.1) is 5.02 Å². The van der Waals surface area contributed by atoms with Crippen LogP contribution >= 0.6 is 34.7 Å². The van der Waals surface area contributed by atoms with Crippen LogP contribution in [0, 0.1) is 12.3 Å². The van der Waals surface area contributed by atoms with E-state index in [0.29, 0.717) is 32.1 Å². The first kappa shape index (κ1) is 21.2. The Kier molecular flexibility index (Phi) is 6.52. The lowest BCUT2D eigenvalue weighted by Gasteiger charge is -2.14. The predicted octanol–water partition coefficient (Wildman–Crippen LogP) is 6.32. The third-order valence-electron chi connectivity index (χ3n) is 3.92. The molecule has 6 nitrogen and oxygen atoms in total. The summed E-state index contributed by atoms with van der Waals surface area (Å²) in [5.41, 5.74) is 2.05. The van der Waals surface area contributed by atoms with Gasteiger partial charge in [-0.3, -0.25) is 5.41 Å². The van der Waals surface area contributed by atoms with Gasteiger partial charge >= 0.3 is 0 Å². The molecule has 0 bridgehead atoms. The van der Waals surface area contributed by atoms with E-state index in [2.05, 4.69) is 15.0 Å². The van der Waals surface area contributed by atoms with E-state index < -0.39 is 0 Å². The van der Waals surface area contributed by atoms with Gasteiger partial charge < -0.3 is 20.5 Å². The van der Waals surface area contributed by atoms with Crippen LogP contribution in [-0.4, -0.2) is 21.4 Å². The van der Waals surface area contributed by atoms with Crippen LogP contribution in [0.5, 0.6) is 17.4 Å². The van der Waals surface area contributed by atoms with E-state index in [9.17, 15) is 5.11 Å². The molecule has 0 aliphatic heterocycles. The first-order valence-electron chi connectivity index (χ1n) is 8.79. The van der Waals surface area contributed by atoms with Crippen LogP contribution in [0.3, 0.4) is 0 Å². The largest absolute Gasteiger partial charge is 0.492 e. The van der Waals surface area contributed by atoms with Gasteiger partial charge in [-0.15, -0.1) is 0 Å². The fourth-order valence-electron chi connectivity index (χ4n) is 2.60. The third kappa shape index (κ3) is 5.12. The Morgan fingerprint density at radius 2 is 1.97 bits per heavy atom. The fraction of sp³-hybridized carbons (Fsp3) is 0.200. The second-order valence-corrected chi connectivity index (χ2v) is 8.28. The van der Waals surface area contributed by atoms with Crippen LogP contribution in [0.25, 0.3) is 0 Å². The number of hydrogen-bond donors (Lipinski definition) is 4. The molecule has 1 heterocycles. The lowest BCUT2D eigenvalue weighted by Crippen LogP contribution is -2.30. The second kappa shape index (κ2) is 8.90. The summed E-state index contributed by atoms with van der Waals surface area (Å²) in [4.78, 5) is 0. The van der Waals surface area contributed by atoms with E-state index in [1.165, 1.54) is 0 Å². The van der Waals surface area contributed by atoms with Gasteiger partial charge in [0.15, 0.2) is 0 Å². The minimum Gasteiger partial charge on any atom is -0.492 e. The molecule has 2 aromatic carbocycles. The van der Waals surface area contributed by atoms with Crippen LogP contribution in [-0.2, 0) is 0 Å². The minimum atomic E-state index is -0.177. The highest BCUT2D eigenvalue weighted by atomic mass is 35.5. The second-order valence-electron chi connectivity index (χ2n) is 6.66. The van der Waals surface area contributed by atoms with Gasteiger partial charge in [-0.1, -0.05) is 23.2 Å². The maximum Gasteiger partial charge on any atom is 0.236 e. The summed E-state index contributed by atoms with van der Waals surface area (Å²) < 4.78 is 9.81. The maximum atomic E-state index is 10.1. The lowest BCUT2D eigenvalue weighted by atomic mass is 10.2. The number of anilines is 2.